The largest absolute Gasteiger partial charge is 0.496 e. The lowest BCUT2D eigenvalue weighted by Crippen LogP contribution is -2.28. The molecule has 0 saturated heterocycles. The van der Waals surface area contributed by atoms with E-state index in [0.29, 0.717) is 0 Å². The molecule has 0 saturated carbocycles. The van der Waals surface area contributed by atoms with Crippen LogP contribution in [-0.2, 0) is 6.54 Å². The first-order chi connectivity index (χ1) is 7.58. The summed E-state index contributed by atoms with van der Waals surface area (Å²) in [6.07, 6.45) is 0. The van der Waals surface area contributed by atoms with Gasteiger partial charge < -0.3 is 10.1 Å². The molecule has 0 heterocycles. The Hall–Kier alpha value is -0.770. The number of hydrogen-bond acceptors (Lipinski definition) is 3. The Morgan fingerprint density at radius 2 is 2.12 bits per heavy atom. The molecule has 0 aliphatic heterocycles. The number of aryl methyl sites for hydroxylation is 1. The molecule has 0 bridgehead atoms. The Labute approximate surface area is 102 Å². The minimum absolute atomic E-state index is 0.786. The predicted octanol–water partition coefficient (Wildman–Crippen LogP) is 2.27. The van der Waals surface area contributed by atoms with Gasteiger partial charge in [-0.1, -0.05) is 11.6 Å². The summed E-state index contributed by atoms with van der Waals surface area (Å²) in [6, 6.07) is 3.95. The summed E-state index contributed by atoms with van der Waals surface area (Å²) >= 11 is 6.11. The molecule has 16 heavy (non-hydrogen) atoms. The highest BCUT2D eigenvalue weighted by Gasteiger charge is 2.08. The van der Waals surface area contributed by atoms with Gasteiger partial charge in [0.25, 0.3) is 0 Å². The quantitative estimate of drug-likeness (QED) is 0.802. The lowest BCUT2D eigenvalue weighted by Gasteiger charge is -2.18. The van der Waals surface area contributed by atoms with Crippen LogP contribution in [-0.4, -0.2) is 32.8 Å². The Morgan fingerprint density at radius 3 is 2.69 bits per heavy atom. The number of rotatable bonds is 5. The Balaban J connectivity index is 2.89. The SMILES string of the molecule is CNCN(C)Cc1cc(Cl)c(C)cc1OC. The third kappa shape index (κ3) is 3.37. The maximum atomic E-state index is 6.11. The van der Waals surface area contributed by atoms with E-state index < -0.39 is 0 Å². The monoisotopic (exact) mass is 242 g/mol. The Kier molecular flexibility index (Phi) is 5.06. The van der Waals surface area contributed by atoms with Gasteiger partial charge in [-0.25, -0.2) is 0 Å². The fourth-order valence-electron chi connectivity index (χ4n) is 1.63. The number of methoxy groups -OCH3 is 1. The number of halogens is 1. The molecule has 0 aliphatic rings. The second-order valence-electron chi connectivity index (χ2n) is 3.94. The zero-order valence-electron chi connectivity index (χ0n) is 10.3. The van der Waals surface area contributed by atoms with E-state index in [1.807, 2.05) is 33.2 Å². The van der Waals surface area contributed by atoms with E-state index in [9.17, 15) is 0 Å². The van der Waals surface area contributed by atoms with E-state index in [0.717, 1.165) is 35.1 Å². The normalized spacial score (nSPS) is 10.9. The van der Waals surface area contributed by atoms with Crippen molar-refractivity contribution < 1.29 is 4.74 Å². The molecule has 1 aromatic carbocycles. The molecule has 0 amide bonds. The topological polar surface area (TPSA) is 24.5 Å². The Bertz CT molecular complexity index is 355. The molecule has 0 fully saturated rings. The molecule has 0 unspecified atom stereocenters. The van der Waals surface area contributed by atoms with Gasteiger partial charge in [0.1, 0.15) is 5.75 Å². The van der Waals surface area contributed by atoms with Crippen molar-refractivity contribution in [1.29, 1.82) is 0 Å². The standard InChI is InChI=1S/C12H19ClN2O/c1-9-5-12(16-4)10(6-11(9)13)7-15(3)8-14-2/h5-6,14H,7-8H2,1-4H3. The zero-order valence-corrected chi connectivity index (χ0v) is 11.1. The van der Waals surface area contributed by atoms with Crippen LogP contribution in [0.2, 0.25) is 5.02 Å². The van der Waals surface area contributed by atoms with Gasteiger partial charge in [-0.3, -0.25) is 4.90 Å². The van der Waals surface area contributed by atoms with Crippen molar-refractivity contribution in [1.82, 2.24) is 10.2 Å². The van der Waals surface area contributed by atoms with Crippen LogP contribution in [0, 0.1) is 6.92 Å². The highest BCUT2D eigenvalue weighted by molar-refractivity contribution is 6.31. The summed E-state index contributed by atoms with van der Waals surface area (Å²) in [5.41, 5.74) is 2.15. The summed E-state index contributed by atoms with van der Waals surface area (Å²) in [5, 5.41) is 3.89. The lowest BCUT2D eigenvalue weighted by atomic mass is 10.1. The summed E-state index contributed by atoms with van der Waals surface area (Å²) in [6.45, 7) is 3.62. The van der Waals surface area contributed by atoms with Crippen molar-refractivity contribution in [3.63, 3.8) is 0 Å². The molecular weight excluding hydrogens is 224 g/mol. The maximum absolute atomic E-state index is 6.11. The molecule has 0 spiro atoms. The molecule has 1 N–H and O–H groups in total. The van der Waals surface area contributed by atoms with Crippen LogP contribution in [0.15, 0.2) is 12.1 Å². The van der Waals surface area contributed by atoms with Crippen molar-refractivity contribution in [2.24, 2.45) is 0 Å². The summed E-state index contributed by atoms with van der Waals surface area (Å²) < 4.78 is 5.35. The number of hydrogen-bond donors (Lipinski definition) is 1. The van der Waals surface area contributed by atoms with Crippen molar-refractivity contribution in [3.05, 3.63) is 28.3 Å². The van der Waals surface area contributed by atoms with Crippen LogP contribution >= 0.6 is 11.6 Å². The highest BCUT2D eigenvalue weighted by Crippen LogP contribution is 2.27. The van der Waals surface area contributed by atoms with Gasteiger partial charge in [0, 0.05) is 23.8 Å². The minimum atomic E-state index is 0.786. The fraction of sp³-hybridized carbons (Fsp3) is 0.500. The van der Waals surface area contributed by atoms with Crippen molar-refractivity contribution in [2.75, 3.05) is 27.9 Å². The third-order valence-corrected chi connectivity index (χ3v) is 2.84. The molecule has 90 valence electrons. The Morgan fingerprint density at radius 1 is 1.44 bits per heavy atom. The minimum Gasteiger partial charge on any atom is -0.496 e. The molecule has 0 aromatic heterocycles. The molecule has 1 rings (SSSR count). The molecule has 3 nitrogen and oxygen atoms in total. The summed E-state index contributed by atoms with van der Waals surface area (Å²) in [7, 11) is 5.66. The number of benzene rings is 1. The lowest BCUT2D eigenvalue weighted by molar-refractivity contribution is 0.302. The number of nitrogens with zero attached hydrogens (tertiary/aromatic N) is 1. The van der Waals surface area contributed by atoms with Crippen LogP contribution in [0.25, 0.3) is 0 Å². The molecule has 0 aliphatic carbocycles. The van der Waals surface area contributed by atoms with Crippen molar-refractivity contribution >= 4 is 11.6 Å². The van der Waals surface area contributed by atoms with Crippen LogP contribution in [0.5, 0.6) is 5.75 Å². The van der Waals surface area contributed by atoms with Crippen LogP contribution in [0.3, 0.4) is 0 Å². The molecule has 4 heteroatoms. The van der Waals surface area contributed by atoms with Gasteiger partial charge in [0.2, 0.25) is 0 Å². The number of nitrogens with one attached hydrogen (secondary N) is 1. The summed E-state index contributed by atoms with van der Waals surface area (Å²) in [4.78, 5) is 2.16. The first kappa shape index (κ1) is 13.3. The van der Waals surface area contributed by atoms with Gasteiger partial charge in [-0.15, -0.1) is 0 Å². The number of ether oxygens (including phenoxy) is 1. The average Bonchev–Trinajstić information content (AvgIpc) is 2.23. The zero-order chi connectivity index (χ0) is 12.1. The van der Waals surface area contributed by atoms with E-state index in [4.69, 9.17) is 16.3 Å². The van der Waals surface area contributed by atoms with Crippen molar-refractivity contribution in [2.45, 2.75) is 13.5 Å². The third-order valence-electron chi connectivity index (χ3n) is 2.43. The van der Waals surface area contributed by atoms with Crippen LogP contribution in [0.1, 0.15) is 11.1 Å². The second kappa shape index (κ2) is 6.09. The van der Waals surface area contributed by atoms with Crippen molar-refractivity contribution in [3.8, 4) is 5.75 Å². The van der Waals surface area contributed by atoms with E-state index in [-0.39, 0.29) is 0 Å². The smallest absolute Gasteiger partial charge is 0.123 e. The molecule has 0 radical (unpaired) electrons. The molecule has 1 aromatic rings. The van der Waals surface area contributed by atoms with Gasteiger partial charge in [0.05, 0.1) is 7.11 Å². The van der Waals surface area contributed by atoms with Gasteiger partial charge in [-0.2, -0.15) is 0 Å². The van der Waals surface area contributed by atoms with Crippen LogP contribution < -0.4 is 10.1 Å². The fourth-order valence-corrected chi connectivity index (χ4v) is 1.81. The first-order valence-electron chi connectivity index (χ1n) is 5.24. The van der Waals surface area contributed by atoms with Crippen LogP contribution in [0.4, 0.5) is 0 Å². The first-order valence-corrected chi connectivity index (χ1v) is 5.62. The second-order valence-corrected chi connectivity index (χ2v) is 4.35. The molecular formula is C12H19ClN2O. The van der Waals surface area contributed by atoms with E-state index >= 15 is 0 Å². The van der Waals surface area contributed by atoms with E-state index in [1.165, 1.54) is 0 Å². The van der Waals surface area contributed by atoms with Gasteiger partial charge in [0.15, 0.2) is 0 Å². The summed E-state index contributed by atoms with van der Waals surface area (Å²) in [5.74, 6) is 0.893. The van der Waals surface area contributed by atoms with E-state index in [1.54, 1.807) is 7.11 Å². The highest BCUT2D eigenvalue weighted by atomic mass is 35.5. The molecule has 0 atom stereocenters. The van der Waals surface area contributed by atoms with Gasteiger partial charge >= 0.3 is 0 Å². The van der Waals surface area contributed by atoms with E-state index in [2.05, 4.69) is 10.2 Å². The predicted molar refractivity (Wildman–Crippen MR) is 68.1 cm³/mol. The van der Waals surface area contributed by atoms with Gasteiger partial charge in [-0.05, 0) is 38.7 Å². The maximum Gasteiger partial charge on any atom is 0.123 e. The average molecular weight is 243 g/mol.